The van der Waals surface area contributed by atoms with E-state index in [9.17, 15) is 26.4 Å². The van der Waals surface area contributed by atoms with Crippen molar-refractivity contribution in [3.05, 3.63) is 35.4 Å². The van der Waals surface area contributed by atoms with Gasteiger partial charge in [-0.25, -0.2) is 13.1 Å². The summed E-state index contributed by atoms with van der Waals surface area (Å²) in [6, 6.07) is 4.35. The molecule has 4 nitrogen and oxygen atoms in total. The van der Waals surface area contributed by atoms with E-state index < -0.39 is 27.2 Å². The van der Waals surface area contributed by atoms with Gasteiger partial charge < -0.3 is 0 Å². The van der Waals surface area contributed by atoms with Crippen LogP contribution in [0, 0.1) is 16.7 Å². The molecule has 1 aromatic rings. The van der Waals surface area contributed by atoms with Gasteiger partial charge in [0.15, 0.2) is 0 Å². The average Bonchev–Trinajstić information content (AvgIpc) is 2.86. The van der Waals surface area contributed by atoms with Gasteiger partial charge >= 0.3 is 6.18 Å². The molecule has 2 saturated carbocycles. The van der Waals surface area contributed by atoms with Gasteiger partial charge in [0.1, 0.15) is 5.78 Å². The summed E-state index contributed by atoms with van der Waals surface area (Å²) in [4.78, 5) is 12.5. The van der Waals surface area contributed by atoms with E-state index in [0.29, 0.717) is 18.4 Å². The monoisotopic (exact) mass is 389 g/mol. The zero-order valence-electron chi connectivity index (χ0n) is 14.7. The quantitative estimate of drug-likeness (QED) is 0.838. The Hall–Kier alpha value is -1.41. The number of benzene rings is 1. The number of hydrogen-bond donors (Lipinski definition) is 1. The van der Waals surface area contributed by atoms with Crippen LogP contribution >= 0.6 is 0 Å². The molecular formula is C18H22F3NO3S. The number of carbonyl (C=O) groups is 1. The molecule has 8 heteroatoms. The minimum atomic E-state index is -4.43. The van der Waals surface area contributed by atoms with Crippen LogP contribution in [0.15, 0.2) is 24.3 Å². The molecule has 144 valence electrons. The van der Waals surface area contributed by atoms with E-state index in [1.54, 1.807) is 0 Å². The first-order chi connectivity index (χ1) is 11.9. The highest BCUT2D eigenvalue weighted by Crippen LogP contribution is 2.64. The molecule has 2 aliphatic carbocycles. The summed E-state index contributed by atoms with van der Waals surface area (Å²) in [6.07, 6.45) is -2.57. The predicted octanol–water partition coefficient (Wildman–Crippen LogP) is 3.52. The third-order valence-electron chi connectivity index (χ3n) is 6.35. The standard InChI is InChI=1S/C18H22F3NO3S/c1-16(2)14-7-8-17(16,15(23)9-14)11-26(24,25)22-10-12-3-5-13(6-4-12)18(19,20)21/h3-6,14,22H,7-11H2,1-2H3/t14-,17-/m0/s1. The number of halogens is 3. The fraction of sp³-hybridized carbons (Fsp3) is 0.611. The summed E-state index contributed by atoms with van der Waals surface area (Å²) >= 11 is 0. The maximum Gasteiger partial charge on any atom is 0.416 e. The molecule has 2 fully saturated rings. The summed E-state index contributed by atoms with van der Waals surface area (Å²) in [5.41, 5.74) is -1.56. The lowest BCUT2D eigenvalue weighted by Gasteiger charge is -2.36. The molecule has 0 spiro atoms. The summed E-state index contributed by atoms with van der Waals surface area (Å²) in [5.74, 6) is -0.0260. The number of sulfonamides is 1. The van der Waals surface area contributed by atoms with Crippen LogP contribution in [0.2, 0.25) is 0 Å². The molecule has 2 bridgehead atoms. The molecule has 3 rings (SSSR count). The first-order valence-corrected chi connectivity index (χ1v) is 10.2. The Morgan fingerprint density at radius 3 is 2.27 bits per heavy atom. The van der Waals surface area contributed by atoms with Gasteiger partial charge in [0.25, 0.3) is 0 Å². The van der Waals surface area contributed by atoms with Crippen molar-refractivity contribution in [2.75, 3.05) is 5.75 Å². The van der Waals surface area contributed by atoms with E-state index in [-0.39, 0.29) is 29.4 Å². The number of rotatable bonds is 5. The Labute approximate surface area is 151 Å². The number of nitrogens with one attached hydrogen (secondary N) is 1. The number of alkyl halides is 3. The van der Waals surface area contributed by atoms with Crippen molar-refractivity contribution in [3.63, 3.8) is 0 Å². The van der Waals surface area contributed by atoms with Gasteiger partial charge in [-0.05, 0) is 41.9 Å². The molecule has 2 aliphatic rings. The lowest BCUT2D eigenvalue weighted by atomic mass is 9.70. The summed E-state index contributed by atoms with van der Waals surface area (Å²) < 4.78 is 65.3. The van der Waals surface area contributed by atoms with Crippen LogP contribution < -0.4 is 4.72 Å². The normalized spacial score (nSPS) is 27.9. The summed E-state index contributed by atoms with van der Waals surface area (Å²) in [5, 5.41) is 0. The zero-order valence-corrected chi connectivity index (χ0v) is 15.5. The van der Waals surface area contributed by atoms with Crippen LogP contribution in [0.5, 0.6) is 0 Å². The molecule has 0 aromatic heterocycles. The third-order valence-corrected chi connectivity index (χ3v) is 7.81. The minimum absolute atomic E-state index is 0.0126. The van der Waals surface area contributed by atoms with Crippen LogP contribution in [-0.4, -0.2) is 20.0 Å². The van der Waals surface area contributed by atoms with Crippen molar-refractivity contribution >= 4 is 15.8 Å². The highest BCUT2D eigenvalue weighted by Gasteiger charge is 2.65. The predicted molar refractivity (Wildman–Crippen MR) is 90.6 cm³/mol. The van der Waals surface area contributed by atoms with Crippen molar-refractivity contribution in [1.29, 1.82) is 0 Å². The Morgan fingerprint density at radius 1 is 1.19 bits per heavy atom. The van der Waals surface area contributed by atoms with Gasteiger partial charge in [-0.1, -0.05) is 26.0 Å². The van der Waals surface area contributed by atoms with Crippen LogP contribution in [0.3, 0.4) is 0 Å². The largest absolute Gasteiger partial charge is 0.416 e. The van der Waals surface area contributed by atoms with Crippen LogP contribution in [-0.2, 0) is 27.5 Å². The Balaban J connectivity index is 1.69. The molecule has 26 heavy (non-hydrogen) atoms. The number of ketones is 1. The van der Waals surface area contributed by atoms with E-state index in [4.69, 9.17) is 0 Å². The highest BCUT2D eigenvalue weighted by atomic mass is 32.2. The van der Waals surface area contributed by atoms with Crippen LogP contribution in [0.1, 0.15) is 44.2 Å². The lowest BCUT2D eigenvalue weighted by Crippen LogP contribution is -2.45. The smallest absolute Gasteiger partial charge is 0.299 e. The molecule has 0 radical (unpaired) electrons. The molecule has 1 N–H and O–H groups in total. The zero-order chi connectivity index (χ0) is 19.4. The number of hydrogen-bond acceptors (Lipinski definition) is 3. The van der Waals surface area contributed by atoms with E-state index >= 15 is 0 Å². The van der Waals surface area contributed by atoms with Crippen LogP contribution in [0.25, 0.3) is 0 Å². The summed E-state index contributed by atoms with van der Waals surface area (Å²) in [6.45, 7) is 3.82. The molecule has 0 amide bonds. The van der Waals surface area contributed by atoms with E-state index in [1.807, 2.05) is 13.8 Å². The molecular weight excluding hydrogens is 367 g/mol. The first-order valence-electron chi connectivity index (χ1n) is 8.54. The van der Waals surface area contributed by atoms with Crippen molar-refractivity contribution in [2.24, 2.45) is 16.7 Å². The first kappa shape index (κ1) is 19.4. The van der Waals surface area contributed by atoms with Crippen molar-refractivity contribution < 1.29 is 26.4 Å². The molecule has 0 aliphatic heterocycles. The second-order valence-electron chi connectivity index (χ2n) is 7.94. The minimum Gasteiger partial charge on any atom is -0.299 e. The topological polar surface area (TPSA) is 63.2 Å². The summed E-state index contributed by atoms with van der Waals surface area (Å²) in [7, 11) is -3.74. The Kier molecular flexibility index (Phi) is 4.51. The molecule has 2 atom stereocenters. The number of Topliss-reactive ketones (excluding diaryl/α,β-unsaturated/α-hetero) is 1. The lowest BCUT2D eigenvalue weighted by molar-refractivity contribution is -0.137. The van der Waals surface area contributed by atoms with Crippen molar-refractivity contribution in [2.45, 2.75) is 45.8 Å². The molecule has 0 saturated heterocycles. The van der Waals surface area contributed by atoms with Gasteiger partial charge in [0, 0.05) is 18.4 Å². The van der Waals surface area contributed by atoms with Crippen molar-refractivity contribution in [1.82, 2.24) is 4.72 Å². The SMILES string of the molecule is CC1(C)[C@H]2CC[C@]1(CS(=O)(=O)NCc1ccc(C(F)(F)F)cc1)C(=O)C2. The van der Waals surface area contributed by atoms with Gasteiger partial charge in [0.05, 0.1) is 11.3 Å². The highest BCUT2D eigenvalue weighted by molar-refractivity contribution is 7.89. The van der Waals surface area contributed by atoms with Crippen LogP contribution in [0.4, 0.5) is 13.2 Å². The van der Waals surface area contributed by atoms with Crippen molar-refractivity contribution in [3.8, 4) is 0 Å². The maximum atomic E-state index is 12.6. The van der Waals surface area contributed by atoms with Gasteiger partial charge in [0.2, 0.25) is 10.0 Å². The molecule has 0 heterocycles. The van der Waals surface area contributed by atoms with E-state index in [0.717, 1.165) is 18.6 Å². The second kappa shape index (κ2) is 6.05. The Morgan fingerprint density at radius 2 is 1.81 bits per heavy atom. The Bertz CT molecular complexity index is 815. The van der Waals surface area contributed by atoms with Gasteiger partial charge in [-0.3, -0.25) is 4.79 Å². The fourth-order valence-corrected chi connectivity index (χ4v) is 6.30. The van der Waals surface area contributed by atoms with Gasteiger partial charge in [-0.15, -0.1) is 0 Å². The second-order valence-corrected chi connectivity index (χ2v) is 9.75. The average molecular weight is 389 g/mol. The molecule has 1 aromatic carbocycles. The van der Waals surface area contributed by atoms with Gasteiger partial charge in [-0.2, -0.15) is 13.2 Å². The third kappa shape index (κ3) is 3.17. The molecule has 0 unspecified atom stereocenters. The fourth-order valence-electron chi connectivity index (χ4n) is 4.49. The van der Waals surface area contributed by atoms with E-state index in [1.165, 1.54) is 12.1 Å². The number of carbonyl (C=O) groups excluding carboxylic acids is 1. The number of fused-ring (bicyclic) bond motifs is 2. The maximum absolute atomic E-state index is 12.6. The van der Waals surface area contributed by atoms with E-state index in [2.05, 4.69) is 4.72 Å².